The molecule has 0 bridgehead atoms. The van der Waals surface area contributed by atoms with E-state index in [0.29, 0.717) is 23.7 Å². The number of benzene rings is 1. The predicted molar refractivity (Wildman–Crippen MR) is 75.7 cm³/mol. The van der Waals surface area contributed by atoms with Gasteiger partial charge in [-0.1, -0.05) is 11.6 Å². The Labute approximate surface area is 121 Å². The topological polar surface area (TPSA) is 38.1 Å². The van der Waals surface area contributed by atoms with E-state index in [2.05, 4.69) is 22.2 Å². The molecular formula is C13H12ClN3OS. The van der Waals surface area contributed by atoms with Crippen molar-refractivity contribution in [2.75, 3.05) is 6.54 Å². The van der Waals surface area contributed by atoms with Crippen LogP contribution < -0.4 is 0 Å². The Morgan fingerprint density at radius 2 is 2.21 bits per heavy atom. The van der Waals surface area contributed by atoms with Crippen LogP contribution in [-0.2, 0) is 13.1 Å². The zero-order chi connectivity index (χ0) is 13.4. The minimum Gasteiger partial charge on any atom is -0.332 e. The fourth-order valence-electron chi connectivity index (χ4n) is 2.19. The molecule has 2 aromatic rings. The third-order valence-corrected chi connectivity index (χ3v) is 3.82. The molecule has 1 aromatic carbocycles. The molecule has 0 saturated heterocycles. The van der Waals surface area contributed by atoms with E-state index in [1.807, 2.05) is 6.20 Å². The Morgan fingerprint density at radius 3 is 3.05 bits per heavy atom. The summed E-state index contributed by atoms with van der Waals surface area (Å²) in [5, 5.41) is 0.455. The van der Waals surface area contributed by atoms with E-state index in [1.165, 1.54) is 0 Å². The first-order valence-electron chi connectivity index (χ1n) is 5.93. The lowest BCUT2D eigenvalue weighted by atomic mass is 10.2. The summed E-state index contributed by atoms with van der Waals surface area (Å²) in [6, 6.07) is 5.17. The number of hydrogen-bond donors (Lipinski definition) is 1. The summed E-state index contributed by atoms with van der Waals surface area (Å²) in [7, 11) is 0. The first-order valence-corrected chi connectivity index (χ1v) is 6.75. The number of carbonyl (C=O) groups is 1. The van der Waals surface area contributed by atoms with Gasteiger partial charge in [-0.2, -0.15) is 0 Å². The minimum atomic E-state index is -0.0739. The van der Waals surface area contributed by atoms with Gasteiger partial charge in [-0.3, -0.25) is 4.79 Å². The maximum Gasteiger partial charge on any atom is 0.255 e. The summed E-state index contributed by atoms with van der Waals surface area (Å²) in [5.41, 5.74) is 0.495. The lowest BCUT2D eigenvalue weighted by Gasteiger charge is -2.28. The molecule has 0 radical (unpaired) electrons. The van der Waals surface area contributed by atoms with Crippen LogP contribution in [0.3, 0.4) is 0 Å². The number of halogens is 1. The SMILES string of the molecule is O=C(c1cc(S)ccc1Cl)N1CCn2ccnc2C1. The van der Waals surface area contributed by atoms with Crippen molar-refractivity contribution < 1.29 is 4.79 Å². The van der Waals surface area contributed by atoms with Gasteiger partial charge in [0.15, 0.2) is 0 Å². The predicted octanol–water partition coefficient (Wildman–Crippen LogP) is 2.48. The van der Waals surface area contributed by atoms with Crippen LogP contribution in [0.25, 0.3) is 0 Å². The molecule has 3 rings (SSSR count). The first kappa shape index (κ1) is 12.6. The molecule has 0 saturated carbocycles. The van der Waals surface area contributed by atoms with Crippen molar-refractivity contribution in [3.05, 3.63) is 47.0 Å². The number of aromatic nitrogens is 2. The molecule has 19 heavy (non-hydrogen) atoms. The zero-order valence-electron chi connectivity index (χ0n) is 10.1. The molecule has 1 aliphatic heterocycles. The quantitative estimate of drug-likeness (QED) is 0.820. The lowest BCUT2D eigenvalue weighted by Crippen LogP contribution is -2.38. The van der Waals surface area contributed by atoms with Gasteiger partial charge in [-0.15, -0.1) is 12.6 Å². The van der Waals surface area contributed by atoms with E-state index in [9.17, 15) is 4.79 Å². The Bertz CT molecular complexity index is 641. The first-order chi connectivity index (χ1) is 9.15. The zero-order valence-corrected chi connectivity index (χ0v) is 11.7. The van der Waals surface area contributed by atoms with Gasteiger partial charge >= 0.3 is 0 Å². The third kappa shape index (κ3) is 2.35. The second-order valence-electron chi connectivity index (χ2n) is 4.43. The summed E-state index contributed by atoms with van der Waals surface area (Å²) in [4.78, 5) is 19.2. The molecule has 6 heteroatoms. The van der Waals surface area contributed by atoms with Gasteiger partial charge in [0.25, 0.3) is 5.91 Å². The lowest BCUT2D eigenvalue weighted by molar-refractivity contribution is 0.0707. The van der Waals surface area contributed by atoms with Gasteiger partial charge in [0.2, 0.25) is 0 Å². The second-order valence-corrected chi connectivity index (χ2v) is 5.35. The summed E-state index contributed by atoms with van der Waals surface area (Å²) >= 11 is 10.3. The summed E-state index contributed by atoms with van der Waals surface area (Å²) < 4.78 is 2.06. The largest absolute Gasteiger partial charge is 0.332 e. The third-order valence-electron chi connectivity index (χ3n) is 3.21. The standard InChI is InChI=1S/C13H12ClN3OS/c14-11-2-1-9(19)7-10(11)13(18)17-6-5-16-4-3-15-12(16)8-17/h1-4,7,19H,5-6,8H2. The maximum absolute atomic E-state index is 12.5. The highest BCUT2D eigenvalue weighted by Crippen LogP contribution is 2.23. The molecule has 0 unspecified atom stereocenters. The maximum atomic E-state index is 12.5. The van der Waals surface area contributed by atoms with Crippen LogP contribution >= 0.6 is 24.2 Å². The number of hydrogen-bond acceptors (Lipinski definition) is 3. The molecule has 0 aliphatic carbocycles. The summed E-state index contributed by atoms with van der Waals surface area (Å²) in [5.74, 6) is 0.827. The molecular weight excluding hydrogens is 282 g/mol. The van der Waals surface area contributed by atoms with Crippen LogP contribution in [0.2, 0.25) is 5.02 Å². The van der Waals surface area contributed by atoms with E-state index in [-0.39, 0.29) is 5.91 Å². The van der Waals surface area contributed by atoms with Crippen molar-refractivity contribution >= 4 is 30.1 Å². The summed E-state index contributed by atoms with van der Waals surface area (Å²) in [6.07, 6.45) is 3.68. The molecule has 0 N–H and O–H groups in total. The van der Waals surface area contributed by atoms with Crippen molar-refractivity contribution in [1.29, 1.82) is 0 Å². The molecule has 1 aromatic heterocycles. The summed E-state index contributed by atoms with van der Waals surface area (Å²) in [6.45, 7) is 1.94. The highest BCUT2D eigenvalue weighted by molar-refractivity contribution is 7.80. The highest BCUT2D eigenvalue weighted by Gasteiger charge is 2.23. The molecule has 98 valence electrons. The number of nitrogens with zero attached hydrogens (tertiary/aromatic N) is 3. The van der Waals surface area contributed by atoms with E-state index >= 15 is 0 Å². The Hall–Kier alpha value is -1.46. The van der Waals surface area contributed by atoms with Gasteiger partial charge in [-0.25, -0.2) is 4.98 Å². The van der Waals surface area contributed by atoms with Gasteiger partial charge < -0.3 is 9.47 Å². The normalized spacial score (nSPS) is 14.3. The molecule has 0 spiro atoms. The number of carbonyl (C=O) groups excluding carboxylic acids is 1. The van der Waals surface area contributed by atoms with Gasteiger partial charge in [-0.05, 0) is 18.2 Å². The number of amides is 1. The number of fused-ring (bicyclic) bond motifs is 1. The molecule has 1 amide bonds. The smallest absolute Gasteiger partial charge is 0.255 e. The van der Waals surface area contributed by atoms with Gasteiger partial charge in [0, 0.05) is 30.4 Å². The average Bonchev–Trinajstić information content (AvgIpc) is 2.88. The van der Waals surface area contributed by atoms with Gasteiger partial charge in [0.1, 0.15) is 5.82 Å². The second kappa shape index (κ2) is 4.90. The van der Waals surface area contributed by atoms with Crippen molar-refractivity contribution in [1.82, 2.24) is 14.5 Å². The fraction of sp³-hybridized carbons (Fsp3) is 0.231. The van der Waals surface area contributed by atoms with Crippen molar-refractivity contribution in [3.63, 3.8) is 0 Å². The fourth-order valence-corrected chi connectivity index (χ4v) is 2.60. The van der Waals surface area contributed by atoms with Gasteiger partial charge in [0.05, 0.1) is 17.1 Å². The average molecular weight is 294 g/mol. The van der Waals surface area contributed by atoms with Crippen LogP contribution in [0.5, 0.6) is 0 Å². The molecule has 0 fully saturated rings. The number of imidazole rings is 1. The van der Waals surface area contributed by atoms with Crippen LogP contribution in [0, 0.1) is 0 Å². The minimum absolute atomic E-state index is 0.0739. The van der Waals surface area contributed by atoms with Crippen LogP contribution in [-0.4, -0.2) is 26.9 Å². The van der Waals surface area contributed by atoms with Crippen LogP contribution in [0.1, 0.15) is 16.2 Å². The van der Waals surface area contributed by atoms with Crippen LogP contribution in [0.15, 0.2) is 35.5 Å². The number of rotatable bonds is 1. The monoisotopic (exact) mass is 293 g/mol. The van der Waals surface area contributed by atoms with E-state index in [1.54, 1.807) is 29.3 Å². The molecule has 4 nitrogen and oxygen atoms in total. The van der Waals surface area contributed by atoms with E-state index in [4.69, 9.17) is 11.6 Å². The molecule has 1 aliphatic rings. The van der Waals surface area contributed by atoms with Crippen molar-refractivity contribution in [2.24, 2.45) is 0 Å². The van der Waals surface area contributed by atoms with E-state index < -0.39 is 0 Å². The Balaban J connectivity index is 1.87. The number of thiol groups is 1. The molecule has 0 atom stereocenters. The Kier molecular flexibility index (Phi) is 3.24. The molecule has 2 heterocycles. The van der Waals surface area contributed by atoms with E-state index in [0.717, 1.165) is 17.3 Å². The van der Waals surface area contributed by atoms with Crippen LogP contribution in [0.4, 0.5) is 0 Å². The van der Waals surface area contributed by atoms with Crippen molar-refractivity contribution in [3.8, 4) is 0 Å². The highest BCUT2D eigenvalue weighted by atomic mass is 35.5. The van der Waals surface area contributed by atoms with Crippen molar-refractivity contribution in [2.45, 2.75) is 18.0 Å². The Morgan fingerprint density at radius 1 is 1.37 bits per heavy atom.